The van der Waals surface area contributed by atoms with Gasteiger partial charge >= 0.3 is 0 Å². The molecule has 0 aliphatic heterocycles. The van der Waals surface area contributed by atoms with Gasteiger partial charge in [-0.25, -0.2) is 4.39 Å². The number of benzene rings is 1. The third kappa shape index (κ3) is 3.56. The van der Waals surface area contributed by atoms with Gasteiger partial charge in [0.15, 0.2) is 0 Å². The average molecular weight is 314 g/mol. The lowest BCUT2D eigenvalue weighted by atomic mass is 10.2. The summed E-state index contributed by atoms with van der Waals surface area (Å²) in [6, 6.07) is 7.75. The van der Waals surface area contributed by atoms with Crippen LogP contribution in [0.1, 0.15) is 27.8 Å². The summed E-state index contributed by atoms with van der Waals surface area (Å²) < 4.78 is 13.5. The summed E-state index contributed by atoms with van der Waals surface area (Å²) in [5.41, 5.74) is -0.167. The number of rotatable bonds is 5. The second kappa shape index (κ2) is 6.83. The molecule has 1 atom stereocenters. The second-order valence-corrected chi connectivity index (χ2v) is 5.56. The van der Waals surface area contributed by atoms with Crippen LogP contribution in [0.3, 0.4) is 0 Å². The standard InChI is InChI=1S/C14H13ClFNO2S/c15-9-3-1-4-10(16)13(9)14(19)17-7-6-11(18)12-5-2-8-20-12/h1-5,8,11,18H,6-7H2,(H,17,19)/t11-/m1/s1. The molecule has 0 unspecified atom stereocenters. The largest absolute Gasteiger partial charge is 0.388 e. The van der Waals surface area contributed by atoms with E-state index in [-0.39, 0.29) is 17.1 Å². The first-order valence-corrected chi connectivity index (χ1v) is 7.29. The van der Waals surface area contributed by atoms with Crippen molar-refractivity contribution in [3.05, 3.63) is 57.0 Å². The molecule has 1 heterocycles. The fourth-order valence-corrected chi connectivity index (χ4v) is 2.74. The normalized spacial score (nSPS) is 12.2. The molecule has 0 saturated heterocycles. The van der Waals surface area contributed by atoms with Gasteiger partial charge in [0.05, 0.1) is 16.7 Å². The Morgan fingerprint density at radius 3 is 2.85 bits per heavy atom. The highest BCUT2D eigenvalue weighted by molar-refractivity contribution is 7.10. The Kier molecular flexibility index (Phi) is 5.11. The second-order valence-electron chi connectivity index (χ2n) is 4.17. The number of carbonyl (C=O) groups excluding carboxylic acids is 1. The molecule has 1 amide bonds. The van der Waals surface area contributed by atoms with Crippen molar-refractivity contribution in [1.29, 1.82) is 0 Å². The Morgan fingerprint density at radius 2 is 2.20 bits per heavy atom. The predicted molar refractivity (Wildman–Crippen MR) is 77.6 cm³/mol. The van der Waals surface area contributed by atoms with Gasteiger partial charge in [0.25, 0.3) is 5.91 Å². The number of nitrogens with one attached hydrogen (secondary N) is 1. The number of hydrogen-bond acceptors (Lipinski definition) is 3. The van der Waals surface area contributed by atoms with Crippen LogP contribution in [0, 0.1) is 5.82 Å². The first-order valence-electron chi connectivity index (χ1n) is 6.03. The number of amides is 1. The van der Waals surface area contributed by atoms with Crippen LogP contribution in [0.2, 0.25) is 5.02 Å². The molecule has 3 nitrogen and oxygen atoms in total. The van der Waals surface area contributed by atoms with Gasteiger partial charge in [-0.3, -0.25) is 4.79 Å². The van der Waals surface area contributed by atoms with Gasteiger partial charge in [-0.1, -0.05) is 23.7 Å². The van der Waals surface area contributed by atoms with Gasteiger partial charge in [-0.05, 0) is 30.0 Å². The molecule has 0 spiro atoms. The first-order chi connectivity index (χ1) is 9.59. The van der Waals surface area contributed by atoms with Crippen molar-refractivity contribution in [3.8, 4) is 0 Å². The molecule has 0 aliphatic rings. The smallest absolute Gasteiger partial charge is 0.255 e. The highest BCUT2D eigenvalue weighted by Crippen LogP contribution is 2.21. The summed E-state index contributed by atoms with van der Waals surface area (Å²) in [7, 11) is 0. The van der Waals surface area contributed by atoms with Crippen molar-refractivity contribution in [2.24, 2.45) is 0 Å². The minimum absolute atomic E-state index is 0.0707. The Morgan fingerprint density at radius 1 is 1.40 bits per heavy atom. The molecule has 20 heavy (non-hydrogen) atoms. The summed E-state index contributed by atoms with van der Waals surface area (Å²) >= 11 is 7.25. The maximum absolute atomic E-state index is 13.5. The summed E-state index contributed by atoms with van der Waals surface area (Å²) in [5.74, 6) is -1.24. The van der Waals surface area contributed by atoms with Gasteiger partial charge in [-0.15, -0.1) is 11.3 Å². The topological polar surface area (TPSA) is 49.3 Å². The summed E-state index contributed by atoms with van der Waals surface area (Å²) in [5, 5.41) is 14.4. The molecule has 0 fully saturated rings. The fraction of sp³-hybridized carbons (Fsp3) is 0.214. The monoisotopic (exact) mass is 313 g/mol. The average Bonchev–Trinajstić information content (AvgIpc) is 2.92. The van der Waals surface area contributed by atoms with E-state index in [1.807, 2.05) is 17.5 Å². The number of halogens is 2. The van der Waals surface area contributed by atoms with E-state index >= 15 is 0 Å². The van der Waals surface area contributed by atoms with E-state index in [1.54, 1.807) is 0 Å². The highest BCUT2D eigenvalue weighted by atomic mass is 35.5. The Bertz CT molecular complexity index is 569. The number of aliphatic hydroxyl groups is 1. The zero-order valence-electron chi connectivity index (χ0n) is 10.5. The van der Waals surface area contributed by atoms with Crippen molar-refractivity contribution in [1.82, 2.24) is 5.32 Å². The van der Waals surface area contributed by atoms with Crippen molar-refractivity contribution in [2.75, 3.05) is 6.54 Å². The zero-order chi connectivity index (χ0) is 14.5. The van der Waals surface area contributed by atoms with E-state index in [2.05, 4.69) is 5.32 Å². The van der Waals surface area contributed by atoms with Crippen LogP contribution in [0.5, 0.6) is 0 Å². The molecule has 1 aromatic heterocycles. The molecule has 106 valence electrons. The molecule has 0 saturated carbocycles. The highest BCUT2D eigenvalue weighted by Gasteiger charge is 2.16. The molecule has 2 N–H and O–H groups in total. The first kappa shape index (κ1) is 15.0. The lowest BCUT2D eigenvalue weighted by Crippen LogP contribution is -2.26. The number of hydrogen-bond donors (Lipinski definition) is 2. The molecule has 1 aromatic carbocycles. The molecule has 0 radical (unpaired) electrons. The van der Waals surface area contributed by atoms with E-state index in [1.165, 1.54) is 29.5 Å². The number of aliphatic hydroxyl groups excluding tert-OH is 1. The molecular weight excluding hydrogens is 301 g/mol. The fourth-order valence-electron chi connectivity index (χ4n) is 1.75. The predicted octanol–water partition coefficient (Wildman–Crippen LogP) is 3.39. The van der Waals surface area contributed by atoms with Crippen LogP contribution in [0.25, 0.3) is 0 Å². The van der Waals surface area contributed by atoms with Gasteiger partial charge in [-0.2, -0.15) is 0 Å². The molecule has 2 aromatic rings. The van der Waals surface area contributed by atoms with Crippen LogP contribution in [-0.2, 0) is 0 Å². The minimum Gasteiger partial charge on any atom is -0.388 e. The zero-order valence-corrected chi connectivity index (χ0v) is 12.0. The van der Waals surface area contributed by atoms with Crippen molar-refractivity contribution >= 4 is 28.8 Å². The van der Waals surface area contributed by atoms with Crippen molar-refractivity contribution in [2.45, 2.75) is 12.5 Å². The Balaban J connectivity index is 1.90. The molecule has 6 heteroatoms. The van der Waals surface area contributed by atoms with Crippen LogP contribution in [0.4, 0.5) is 4.39 Å². The van der Waals surface area contributed by atoms with Crippen molar-refractivity contribution < 1.29 is 14.3 Å². The molecular formula is C14H13ClFNO2S. The summed E-state index contributed by atoms with van der Waals surface area (Å²) in [6.45, 7) is 0.239. The van der Waals surface area contributed by atoms with E-state index in [4.69, 9.17) is 11.6 Å². The lowest BCUT2D eigenvalue weighted by molar-refractivity contribution is 0.0939. The van der Waals surface area contributed by atoms with Crippen LogP contribution >= 0.6 is 22.9 Å². The van der Waals surface area contributed by atoms with E-state index in [0.29, 0.717) is 6.42 Å². The minimum atomic E-state index is -0.659. The Hall–Kier alpha value is -1.43. The molecule has 2 rings (SSSR count). The van der Waals surface area contributed by atoms with Crippen LogP contribution in [0.15, 0.2) is 35.7 Å². The van der Waals surface area contributed by atoms with E-state index < -0.39 is 17.8 Å². The summed E-state index contributed by atoms with van der Waals surface area (Å²) in [6.07, 6.45) is -0.274. The quantitative estimate of drug-likeness (QED) is 0.889. The van der Waals surface area contributed by atoms with E-state index in [9.17, 15) is 14.3 Å². The third-order valence-corrected chi connectivity index (χ3v) is 4.05. The third-order valence-electron chi connectivity index (χ3n) is 2.76. The molecule has 0 bridgehead atoms. The maximum Gasteiger partial charge on any atom is 0.255 e. The van der Waals surface area contributed by atoms with Crippen LogP contribution in [-0.4, -0.2) is 17.6 Å². The van der Waals surface area contributed by atoms with Crippen LogP contribution < -0.4 is 5.32 Å². The van der Waals surface area contributed by atoms with Gasteiger partial charge < -0.3 is 10.4 Å². The Labute approximate surface area is 125 Å². The number of carbonyl (C=O) groups is 1. The lowest BCUT2D eigenvalue weighted by Gasteiger charge is -2.10. The number of thiophene rings is 1. The van der Waals surface area contributed by atoms with Gasteiger partial charge in [0.2, 0.25) is 0 Å². The van der Waals surface area contributed by atoms with E-state index in [0.717, 1.165) is 4.88 Å². The summed E-state index contributed by atoms with van der Waals surface area (Å²) in [4.78, 5) is 12.7. The van der Waals surface area contributed by atoms with Gasteiger partial charge in [0, 0.05) is 11.4 Å². The van der Waals surface area contributed by atoms with Gasteiger partial charge in [0.1, 0.15) is 5.82 Å². The maximum atomic E-state index is 13.5. The SMILES string of the molecule is O=C(NCC[C@@H](O)c1cccs1)c1c(F)cccc1Cl. The van der Waals surface area contributed by atoms with Crippen molar-refractivity contribution in [3.63, 3.8) is 0 Å². The molecule has 0 aliphatic carbocycles.